The van der Waals surface area contributed by atoms with Gasteiger partial charge in [-0.25, -0.2) is 0 Å². The van der Waals surface area contributed by atoms with E-state index in [1.165, 1.54) is 12.1 Å². The van der Waals surface area contributed by atoms with Gasteiger partial charge in [-0.2, -0.15) is 13.2 Å². The molecule has 2 amide bonds. The largest absolute Gasteiger partial charge is 0.497 e. The summed E-state index contributed by atoms with van der Waals surface area (Å²) in [4.78, 5) is 25.9. The minimum Gasteiger partial charge on any atom is -0.497 e. The smallest absolute Gasteiger partial charge is 0.416 e. The minimum absolute atomic E-state index is 0.0110. The van der Waals surface area contributed by atoms with Gasteiger partial charge in [-0.05, 0) is 55.1 Å². The van der Waals surface area contributed by atoms with E-state index >= 15 is 0 Å². The Morgan fingerprint density at radius 2 is 1.34 bits per heavy atom. The highest BCUT2D eigenvalue weighted by molar-refractivity contribution is 5.94. The van der Waals surface area contributed by atoms with Crippen LogP contribution in [0.1, 0.15) is 12.5 Å². The number of hydrogen-bond donors (Lipinski definition) is 2. The molecule has 2 aromatic rings. The van der Waals surface area contributed by atoms with Crippen LogP contribution in [-0.2, 0) is 15.8 Å². The van der Waals surface area contributed by atoms with Crippen molar-refractivity contribution in [3.05, 3.63) is 54.1 Å². The van der Waals surface area contributed by atoms with Crippen molar-refractivity contribution in [2.45, 2.75) is 13.1 Å². The van der Waals surface area contributed by atoms with E-state index in [1.54, 1.807) is 43.2 Å². The number of alkyl halides is 3. The first-order chi connectivity index (χ1) is 13.7. The molecule has 0 saturated carbocycles. The first-order valence-corrected chi connectivity index (χ1v) is 8.84. The summed E-state index contributed by atoms with van der Waals surface area (Å²) in [7, 11) is 1.54. The zero-order chi connectivity index (χ0) is 21.4. The monoisotopic (exact) mass is 409 g/mol. The fourth-order valence-corrected chi connectivity index (χ4v) is 2.50. The van der Waals surface area contributed by atoms with Crippen LogP contribution in [0, 0.1) is 0 Å². The van der Waals surface area contributed by atoms with Gasteiger partial charge in [0.2, 0.25) is 11.8 Å². The molecule has 2 N–H and O–H groups in total. The highest BCUT2D eigenvalue weighted by Gasteiger charge is 2.30. The van der Waals surface area contributed by atoms with E-state index in [0.717, 1.165) is 12.1 Å². The van der Waals surface area contributed by atoms with Crippen LogP contribution in [0.15, 0.2) is 48.5 Å². The molecule has 0 spiro atoms. The number of methoxy groups -OCH3 is 1. The maximum Gasteiger partial charge on any atom is 0.416 e. The molecule has 9 heteroatoms. The number of benzene rings is 2. The number of nitrogens with zero attached hydrogens (tertiary/aromatic N) is 1. The van der Waals surface area contributed by atoms with Crippen molar-refractivity contribution in [3.63, 3.8) is 0 Å². The van der Waals surface area contributed by atoms with E-state index in [4.69, 9.17) is 4.74 Å². The lowest BCUT2D eigenvalue weighted by atomic mass is 10.2. The molecule has 29 heavy (non-hydrogen) atoms. The minimum atomic E-state index is -4.43. The van der Waals surface area contributed by atoms with Crippen LogP contribution in [0.4, 0.5) is 24.5 Å². The molecule has 0 radical (unpaired) electrons. The second-order valence-electron chi connectivity index (χ2n) is 6.20. The standard InChI is InChI=1S/C20H22F3N3O3/c1-3-26(13-19(28)25-16-8-10-17(29-2)11-9-16)12-18(27)24-15-6-4-14(5-7-15)20(21,22)23/h4-11H,3,12-13H2,1-2H3,(H,24,27)(H,25,28). The van der Waals surface area contributed by atoms with Gasteiger partial charge in [0.25, 0.3) is 0 Å². The number of hydrogen-bond acceptors (Lipinski definition) is 4. The molecular weight excluding hydrogens is 387 g/mol. The maximum atomic E-state index is 12.6. The molecular formula is C20H22F3N3O3. The van der Waals surface area contributed by atoms with Gasteiger partial charge in [0.15, 0.2) is 0 Å². The van der Waals surface area contributed by atoms with Crippen molar-refractivity contribution in [2.24, 2.45) is 0 Å². The summed E-state index contributed by atoms with van der Waals surface area (Å²) in [6, 6.07) is 11.0. The number of amides is 2. The molecule has 0 aliphatic heterocycles. The fourth-order valence-electron chi connectivity index (χ4n) is 2.50. The summed E-state index contributed by atoms with van der Waals surface area (Å²) < 4.78 is 42.8. The fraction of sp³-hybridized carbons (Fsp3) is 0.300. The van der Waals surface area contributed by atoms with Crippen molar-refractivity contribution in [1.82, 2.24) is 4.90 Å². The van der Waals surface area contributed by atoms with Crippen LogP contribution in [0.2, 0.25) is 0 Å². The molecule has 0 fully saturated rings. The Morgan fingerprint density at radius 3 is 1.72 bits per heavy atom. The van der Waals surface area contributed by atoms with Gasteiger partial charge >= 0.3 is 6.18 Å². The van der Waals surface area contributed by atoms with Gasteiger partial charge in [0.05, 0.1) is 25.8 Å². The van der Waals surface area contributed by atoms with Crippen LogP contribution >= 0.6 is 0 Å². The van der Waals surface area contributed by atoms with E-state index in [1.807, 2.05) is 0 Å². The lowest BCUT2D eigenvalue weighted by molar-refractivity contribution is -0.137. The number of nitrogens with one attached hydrogen (secondary N) is 2. The van der Waals surface area contributed by atoms with Crippen LogP contribution in [0.3, 0.4) is 0 Å². The number of carbonyl (C=O) groups excluding carboxylic acids is 2. The second-order valence-corrected chi connectivity index (χ2v) is 6.20. The van der Waals surface area contributed by atoms with Crippen LogP contribution in [0.25, 0.3) is 0 Å². The van der Waals surface area contributed by atoms with E-state index in [9.17, 15) is 22.8 Å². The Labute approximate surface area is 166 Å². The molecule has 0 saturated heterocycles. The van der Waals surface area contributed by atoms with Gasteiger partial charge in [0.1, 0.15) is 5.75 Å². The normalized spacial score (nSPS) is 11.2. The van der Waals surface area contributed by atoms with Crippen molar-refractivity contribution in [1.29, 1.82) is 0 Å². The van der Waals surface area contributed by atoms with E-state index in [2.05, 4.69) is 10.6 Å². The van der Waals surface area contributed by atoms with Crippen molar-refractivity contribution < 1.29 is 27.5 Å². The summed E-state index contributed by atoms with van der Waals surface area (Å²) in [6.07, 6.45) is -4.43. The van der Waals surface area contributed by atoms with Crippen LogP contribution in [0.5, 0.6) is 5.75 Å². The molecule has 6 nitrogen and oxygen atoms in total. The van der Waals surface area contributed by atoms with E-state index in [0.29, 0.717) is 18.0 Å². The molecule has 2 aromatic carbocycles. The molecule has 2 rings (SSSR count). The Kier molecular flexibility index (Phi) is 7.60. The highest BCUT2D eigenvalue weighted by Crippen LogP contribution is 2.29. The SMILES string of the molecule is CCN(CC(=O)Nc1ccc(OC)cc1)CC(=O)Nc1ccc(C(F)(F)F)cc1. The summed E-state index contributed by atoms with van der Waals surface area (Å²) in [5, 5.41) is 5.25. The van der Waals surface area contributed by atoms with Gasteiger partial charge in [-0.3, -0.25) is 14.5 Å². The summed E-state index contributed by atoms with van der Waals surface area (Å²) in [5.74, 6) is -0.0543. The van der Waals surface area contributed by atoms with Crippen LogP contribution < -0.4 is 15.4 Å². The van der Waals surface area contributed by atoms with E-state index < -0.39 is 17.6 Å². The van der Waals surface area contributed by atoms with Gasteiger partial charge in [-0.15, -0.1) is 0 Å². The zero-order valence-electron chi connectivity index (χ0n) is 16.0. The average molecular weight is 409 g/mol. The third-order valence-electron chi connectivity index (χ3n) is 4.05. The quantitative estimate of drug-likeness (QED) is 0.699. The Balaban J connectivity index is 1.86. The summed E-state index contributed by atoms with van der Waals surface area (Å²) >= 11 is 0. The predicted molar refractivity (Wildman–Crippen MR) is 104 cm³/mol. The molecule has 156 valence electrons. The topological polar surface area (TPSA) is 70.7 Å². The molecule has 0 aliphatic rings. The van der Waals surface area contributed by atoms with Gasteiger partial charge in [-0.1, -0.05) is 6.92 Å². The highest BCUT2D eigenvalue weighted by atomic mass is 19.4. The number of likely N-dealkylation sites (N-methyl/N-ethyl adjacent to an activating group) is 1. The number of halogens is 3. The number of anilines is 2. The lowest BCUT2D eigenvalue weighted by Gasteiger charge is -2.19. The third kappa shape index (κ3) is 7.11. The number of ether oxygens (including phenoxy) is 1. The van der Waals surface area contributed by atoms with Gasteiger partial charge in [0, 0.05) is 11.4 Å². The Morgan fingerprint density at radius 1 is 0.897 bits per heavy atom. The van der Waals surface area contributed by atoms with Crippen molar-refractivity contribution in [3.8, 4) is 5.75 Å². The number of carbonyl (C=O) groups is 2. The number of rotatable bonds is 8. The molecule has 0 aliphatic carbocycles. The van der Waals surface area contributed by atoms with Crippen molar-refractivity contribution in [2.75, 3.05) is 37.4 Å². The van der Waals surface area contributed by atoms with E-state index in [-0.39, 0.29) is 24.7 Å². The first kappa shape index (κ1) is 22.2. The average Bonchev–Trinajstić information content (AvgIpc) is 2.67. The van der Waals surface area contributed by atoms with Gasteiger partial charge < -0.3 is 15.4 Å². The first-order valence-electron chi connectivity index (χ1n) is 8.84. The summed E-state index contributed by atoms with van der Waals surface area (Å²) in [6.45, 7) is 2.15. The predicted octanol–water partition coefficient (Wildman–Crippen LogP) is 3.61. The molecule has 0 unspecified atom stereocenters. The molecule has 0 aromatic heterocycles. The summed E-state index contributed by atoms with van der Waals surface area (Å²) in [5.41, 5.74) is 0.0590. The Bertz CT molecular complexity index is 822. The van der Waals surface area contributed by atoms with Crippen LogP contribution in [-0.4, -0.2) is 43.5 Å². The molecule has 0 heterocycles. The third-order valence-corrected chi connectivity index (χ3v) is 4.05. The van der Waals surface area contributed by atoms with Crippen molar-refractivity contribution >= 4 is 23.2 Å². The molecule has 0 atom stereocenters. The molecule has 0 bridgehead atoms. The lowest BCUT2D eigenvalue weighted by Crippen LogP contribution is -2.38. The second kappa shape index (κ2) is 9.92. The zero-order valence-corrected chi connectivity index (χ0v) is 16.0. The Hall–Kier alpha value is -3.07. The maximum absolute atomic E-state index is 12.6.